The summed E-state index contributed by atoms with van der Waals surface area (Å²) in [6.07, 6.45) is 3.59. The molecule has 226 valence electrons. The zero-order chi connectivity index (χ0) is 30.6. The summed E-state index contributed by atoms with van der Waals surface area (Å²) in [4.78, 5) is 47.8. The Morgan fingerprint density at radius 1 is 1.09 bits per heavy atom. The first-order valence-corrected chi connectivity index (χ1v) is 16.1. The number of tetrazole rings is 1. The second-order valence-electron chi connectivity index (χ2n) is 12.2. The molecule has 1 saturated carbocycles. The molecule has 4 heterocycles. The van der Waals surface area contributed by atoms with E-state index < -0.39 is 5.41 Å². The summed E-state index contributed by atoms with van der Waals surface area (Å²) in [6, 6.07) is 5.81. The largest absolute Gasteiger partial charge is 0.344 e. The van der Waals surface area contributed by atoms with Gasteiger partial charge in [-0.25, -0.2) is 0 Å². The van der Waals surface area contributed by atoms with Gasteiger partial charge in [0.1, 0.15) is 6.04 Å². The van der Waals surface area contributed by atoms with Crippen molar-refractivity contribution >= 4 is 40.4 Å². The number of H-pyrrole nitrogens is 1. The molecule has 4 atom stereocenters. The van der Waals surface area contributed by atoms with Gasteiger partial charge in [-0.15, -0.1) is 32.9 Å². The van der Waals surface area contributed by atoms with Crippen molar-refractivity contribution in [1.29, 1.82) is 5.26 Å². The van der Waals surface area contributed by atoms with E-state index in [1.165, 1.54) is 22.7 Å². The Morgan fingerprint density at radius 2 is 1.70 bits per heavy atom. The van der Waals surface area contributed by atoms with Crippen LogP contribution in [0.5, 0.6) is 0 Å². The number of nitrogens with zero attached hydrogens (tertiary/aromatic N) is 7. The fourth-order valence-corrected chi connectivity index (χ4v) is 9.20. The van der Waals surface area contributed by atoms with Gasteiger partial charge in [0.2, 0.25) is 5.91 Å². The lowest BCUT2D eigenvalue weighted by Crippen LogP contribution is -2.46. The minimum atomic E-state index is -0.934. The molecule has 3 aromatic rings. The van der Waals surface area contributed by atoms with Crippen LogP contribution in [-0.4, -0.2) is 106 Å². The van der Waals surface area contributed by atoms with Crippen molar-refractivity contribution in [2.45, 2.75) is 62.6 Å². The third-order valence-corrected chi connectivity index (χ3v) is 11.2. The van der Waals surface area contributed by atoms with Crippen LogP contribution < -0.4 is 5.32 Å². The van der Waals surface area contributed by atoms with Crippen molar-refractivity contribution in [3.05, 3.63) is 48.6 Å². The first kappa shape index (κ1) is 29.4. The van der Waals surface area contributed by atoms with Crippen LogP contribution in [0.4, 0.5) is 0 Å². The van der Waals surface area contributed by atoms with Gasteiger partial charge in [-0.3, -0.25) is 14.4 Å². The van der Waals surface area contributed by atoms with E-state index in [0.717, 1.165) is 33.7 Å². The molecular weight excluding hydrogens is 587 g/mol. The van der Waals surface area contributed by atoms with Crippen LogP contribution in [0, 0.1) is 17.2 Å². The standard InChI is InChI=1S/C29H35N9O3S2/c1-15(31-14-25(39)38-17(13-30)8-16-9-20(16)38)12-29(28-32-34-35-33-28)18-10-23(26(40)36(2)3)42-21(18)6-7-22-19(29)11-24(43-22)27(41)37(4)5/h10-11,15-17,20,31H,6-9,12,14H2,1-5H3,(H,32,33,34,35)/t15-,16-,17+,20+/m1/s1. The number of nitriles is 1. The van der Waals surface area contributed by atoms with E-state index in [1.54, 1.807) is 42.9 Å². The van der Waals surface area contributed by atoms with Crippen molar-refractivity contribution in [2.75, 3.05) is 34.7 Å². The fourth-order valence-electron chi connectivity index (χ4n) is 6.68. The maximum absolute atomic E-state index is 13.3. The van der Waals surface area contributed by atoms with Gasteiger partial charge in [0.05, 0.1) is 27.8 Å². The minimum absolute atomic E-state index is 0.0666. The summed E-state index contributed by atoms with van der Waals surface area (Å²) in [5, 5.41) is 28.6. The number of thiophene rings is 2. The van der Waals surface area contributed by atoms with Gasteiger partial charge in [0, 0.05) is 50.0 Å². The van der Waals surface area contributed by atoms with E-state index in [-0.39, 0.29) is 42.4 Å². The van der Waals surface area contributed by atoms with Crippen LogP contribution in [0.15, 0.2) is 12.1 Å². The number of fused-ring (bicyclic) bond motifs is 3. The van der Waals surface area contributed by atoms with Crippen molar-refractivity contribution < 1.29 is 14.4 Å². The molecule has 3 aromatic heterocycles. The topological polar surface area (TPSA) is 151 Å². The lowest BCUT2D eigenvalue weighted by molar-refractivity contribution is -0.131. The minimum Gasteiger partial charge on any atom is -0.344 e. The first-order chi connectivity index (χ1) is 20.5. The molecule has 14 heteroatoms. The summed E-state index contributed by atoms with van der Waals surface area (Å²) in [6.45, 7) is 2.12. The summed E-state index contributed by atoms with van der Waals surface area (Å²) in [5.41, 5.74) is 0.917. The highest BCUT2D eigenvalue weighted by Crippen LogP contribution is 2.51. The van der Waals surface area contributed by atoms with E-state index in [2.05, 4.69) is 32.0 Å². The molecule has 0 unspecified atom stereocenters. The highest BCUT2D eigenvalue weighted by atomic mass is 32.1. The number of piperidine rings is 1. The molecule has 2 aliphatic carbocycles. The molecule has 3 aliphatic rings. The molecule has 0 radical (unpaired) electrons. The Morgan fingerprint density at radius 3 is 2.21 bits per heavy atom. The van der Waals surface area contributed by atoms with Crippen molar-refractivity contribution in [3.63, 3.8) is 0 Å². The van der Waals surface area contributed by atoms with Crippen LogP contribution in [-0.2, 0) is 23.1 Å². The number of rotatable bonds is 8. The normalized spacial score (nSPS) is 22.0. The zero-order valence-electron chi connectivity index (χ0n) is 24.9. The third kappa shape index (κ3) is 5.03. The molecule has 0 bridgehead atoms. The number of aryl methyl sites for hydroxylation is 2. The summed E-state index contributed by atoms with van der Waals surface area (Å²) in [5.74, 6) is 0.669. The Bertz CT molecular complexity index is 1540. The van der Waals surface area contributed by atoms with Gasteiger partial charge in [-0.05, 0) is 68.2 Å². The van der Waals surface area contributed by atoms with Crippen LogP contribution in [0.2, 0.25) is 0 Å². The molecule has 43 heavy (non-hydrogen) atoms. The number of likely N-dealkylation sites (tertiary alicyclic amines) is 1. The fraction of sp³-hybridized carbons (Fsp3) is 0.552. The van der Waals surface area contributed by atoms with Crippen LogP contribution in [0.3, 0.4) is 0 Å². The molecule has 3 amide bonds. The monoisotopic (exact) mass is 621 g/mol. The van der Waals surface area contributed by atoms with Gasteiger partial charge >= 0.3 is 0 Å². The van der Waals surface area contributed by atoms with Gasteiger partial charge in [-0.1, -0.05) is 5.21 Å². The number of carbonyl (C=O) groups excluding carboxylic acids is 3. The van der Waals surface area contributed by atoms with Gasteiger partial charge in [-0.2, -0.15) is 10.5 Å². The predicted molar refractivity (Wildman–Crippen MR) is 161 cm³/mol. The zero-order valence-corrected chi connectivity index (χ0v) is 26.5. The average molecular weight is 622 g/mol. The smallest absolute Gasteiger partial charge is 0.263 e. The molecule has 0 aromatic carbocycles. The predicted octanol–water partition coefficient (Wildman–Crippen LogP) is 2.04. The molecule has 6 rings (SSSR count). The van der Waals surface area contributed by atoms with Gasteiger partial charge in [0.25, 0.3) is 11.8 Å². The summed E-state index contributed by atoms with van der Waals surface area (Å²) in [7, 11) is 6.94. The summed E-state index contributed by atoms with van der Waals surface area (Å²) >= 11 is 2.97. The highest BCUT2D eigenvalue weighted by molar-refractivity contribution is 7.15. The Labute approximate surface area is 258 Å². The van der Waals surface area contributed by atoms with Gasteiger partial charge < -0.3 is 20.0 Å². The van der Waals surface area contributed by atoms with E-state index in [0.29, 0.717) is 40.8 Å². The number of hydrogen-bond acceptors (Lipinski definition) is 10. The second-order valence-corrected chi connectivity index (χ2v) is 14.4. The van der Waals surface area contributed by atoms with E-state index in [4.69, 9.17) is 0 Å². The second kappa shape index (κ2) is 11.1. The highest BCUT2D eigenvalue weighted by Gasteiger charge is 2.54. The third-order valence-electron chi connectivity index (χ3n) is 8.83. The average Bonchev–Trinajstić information content (AvgIpc) is 3.48. The van der Waals surface area contributed by atoms with E-state index >= 15 is 0 Å². The number of aromatic nitrogens is 4. The molecule has 1 saturated heterocycles. The van der Waals surface area contributed by atoms with Crippen molar-refractivity contribution in [3.8, 4) is 6.07 Å². The Hall–Kier alpha value is -3.67. The molecule has 1 aliphatic heterocycles. The van der Waals surface area contributed by atoms with Crippen molar-refractivity contribution in [2.24, 2.45) is 5.92 Å². The van der Waals surface area contributed by atoms with Crippen LogP contribution in [0.25, 0.3) is 0 Å². The van der Waals surface area contributed by atoms with Crippen LogP contribution >= 0.6 is 22.7 Å². The number of carbonyl (C=O) groups is 3. The molecular formula is C29H35N9O3S2. The number of nitrogens with one attached hydrogen (secondary N) is 2. The van der Waals surface area contributed by atoms with E-state index in [9.17, 15) is 19.6 Å². The SMILES string of the molecule is C[C@H](CC1(c2nn[nH]n2)c2cc(C(=O)N(C)C)sc2CCc2sc(C(=O)N(C)C)cc21)NCC(=O)N1[C@H](C#N)C[C@@H]2C[C@@H]21. The lowest BCUT2D eigenvalue weighted by Gasteiger charge is -2.34. The Balaban J connectivity index is 1.41. The molecule has 12 nitrogen and oxygen atoms in total. The first-order valence-electron chi connectivity index (χ1n) is 14.4. The van der Waals surface area contributed by atoms with Gasteiger partial charge in [0.15, 0.2) is 5.82 Å². The van der Waals surface area contributed by atoms with E-state index in [1.807, 2.05) is 19.1 Å². The number of amides is 3. The molecule has 2 fully saturated rings. The Kier molecular flexibility index (Phi) is 7.60. The lowest BCUT2D eigenvalue weighted by atomic mass is 9.70. The number of aromatic amines is 1. The maximum atomic E-state index is 13.3. The quantitative estimate of drug-likeness (QED) is 0.388. The molecule has 0 spiro atoms. The summed E-state index contributed by atoms with van der Waals surface area (Å²) < 4.78 is 0. The van der Waals surface area contributed by atoms with Crippen molar-refractivity contribution in [1.82, 2.24) is 40.6 Å². The van der Waals surface area contributed by atoms with Crippen LogP contribution in [0.1, 0.15) is 72.2 Å². The number of hydrogen-bond donors (Lipinski definition) is 2. The maximum Gasteiger partial charge on any atom is 0.263 e. The molecule has 2 N–H and O–H groups in total.